The summed E-state index contributed by atoms with van der Waals surface area (Å²) >= 11 is 0. The molecule has 3 fully saturated rings. The number of amides is 3. The normalized spacial score (nSPS) is 25.1. The molecule has 12 heteroatoms. The zero-order valence-electron chi connectivity index (χ0n) is 23.3. The van der Waals surface area contributed by atoms with Crippen LogP contribution in [0.5, 0.6) is 0 Å². The predicted octanol–water partition coefficient (Wildman–Crippen LogP) is 3.67. The largest absolute Gasteiger partial charge is 0.490 e. The van der Waals surface area contributed by atoms with E-state index in [4.69, 9.17) is 9.90 Å². The molecule has 2 N–H and O–H groups in total. The van der Waals surface area contributed by atoms with Gasteiger partial charge in [0.25, 0.3) is 0 Å². The topological polar surface area (TPSA) is 112 Å². The molecule has 0 radical (unpaired) electrons. The molecule has 4 atom stereocenters. The molecule has 9 nitrogen and oxygen atoms in total. The van der Waals surface area contributed by atoms with E-state index in [0.29, 0.717) is 19.5 Å². The van der Waals surface area contributed by atoms with Crippen molar-refractivity contribution in [3.8, 4) is 0 Å². The van der Waals surface area contributed by atoms with Gasteiger partial charge in [0.15, 0.2) is 0 Å². The summed E-state index contributed by atoms with van der Waals surface area (Å²) in [7, 11) is 1.97. The molecule has 226 valence electrons. The molecule has 0 saturated carbocycles. The molecule has 6 rings (SSSR count). The Morgan fingerprint density at radius 3 is 2.16 bits per heavy atom. The molecule has 2 aromatic carbocycles. The molecule has 3 aliphatic heterocycles. The molecule has 0 aliphatic carbocycles. The molecule has 3 aliphatic rings. The van der Waals surface area contributed by atoms with Gasteiger partial charge in [-0.05, 0) is 36.1 Å². The number of nitrogens with one attached hydrogen (secondary N) is 1. The van der Waals surface area contributed by atoms with Gasteiger partial charge in [-0.15, -0.1) is 0 Å². The lowest BCUT2D eigenvalue weighted by Crippen LogP contribution is -2.63. The second-order valence-electron chi connectivity index (χ2n) is 11.0. The minimum absolute atomic E-state index is 0.0777. The van der Waals surface area contributed by atoms with Crippen LogP contribution in [0.15, 0.2) is 79.0 Å². The second kappa shape index (κ2) is 11.7. The maximum atomic E-state index is 14.2. The van der Waals surface area contributed by atoms with Gasteiger partial charge in [-0.25, -0.2) is 4.79 Å². The van der Waals surface area contributed by atoms with E-state index in [-0.39, 0.29) is 24.3 Å². The Balaban J connectivity index is 0.000000472. The highest BCUT2D eigenvalue weighted by atomic mass is 19.4. The van der Waals surface area contributed by atoms with Crippen molar-refractivity contribution < 1.29 is 37.5 Å². The maximum Gasteiger partial charge on any atom is 0.490 e. The van der Waals surface area contributed by atoms with Crippen LogP contribution in [0.2, 0.25) is 0 Å². The number of carboxylic acid groups (broad SMARTS) is 1. The molecule has 3 amide bonds. The van der Waals surface area contributed by atoms with Crippen molar-refractivity contribution in [1.82, 2.24) is 19.7 Å². The first kappa shape index (κ1) is 30.0. The number of imide groups is 1. The van der Waals surface area contributed by atoms with Crippen LogP contribution in [-0.2, 0) is 39.3 Å². The molecule has 43 heavy (non-hydrogen) atoms. The number of halogens is 3. The Hall–Kier alpha value is -4.45. The average molecular weight is 597 g/mol. The van der Waals surface area contributed by atoms with E-state index >= 15 is 0 Å². The van der Waals surface area contributed by atoms with E-state index in [2.05, 4.69) is 5.32 Å². The summed E-state index contributed by atoms with van der Waals surface area (Å²) < 4.78 is 33.7. The number of carbonyl (C=O) groups is 4. The summed E-state index contributed by atoms with van der Waals surface area (Å²) in [6.45, 7) is 1.34. The number of hydrogen-bond acceptors (Lipinski definition) is 5. The van der Waals surface area contributed by atoms with Crippen molar-refractivity contribution in [1.29, 1.82) is 0 Å². The van der Waals surface area contributed by atoms with Gasteiger partial charge in [0.2, 0.25) is 17.7 Å². The van der Waals surface area contributed by atoms with Gasteiger partial charge < -0.3 is 14.6 Å². The summed E-state index contributed by atoms with van der Waals surface area (Å²) in [4.78, 5) is 54.1. The minimum atomic E-state index is -5.08. The van der Waals surface area contributed by atoms with E-state index in [1.54, 1.807) is 0 Å². The lowest BCUT2D eigenvalue weighted by atomic mass is 9.74. The van der Waals surface area contributed by atoms with Crippen molar-refractivity contribution in [2.24, 2.45) is 18.9 Å². The number of fused-ring (bicyclic) bond motifs is 2. The number of carbonyl (C=O) groups excluding carboxylic acids is 3. The van der Waals surface area contributed by atoms with Gasteiger partial charge in [0.05, 0.1) is 24.9 Å². The molecule has 1 aromatic heterocycles. The third-order valence-electron chi connectivity index (χ3n) is 8.40. The average Bonchev–Trinajstić information content (AvgIpc) is 3.62. The first-order valence-electron chi connectivity index (χ1n) is 13.9. The first-order valence-corrected chi connectivity index (χ1v) is 13.9. The molecule has 0 unspecified atom stereocenters. The Bertz CT molecular complexity index is 1510. The maximum absolute atomic E-state index is 14.2. The predicted molar refractivity (Wildman–Crippen MR) is 148 cm³/mol. The smallest absolute Gasteiger partial charge is 0.475 e. The monoisotopic (exact) mass is 596 g/mol. The molecule has 3 saturated heterocycles. The molecular formula is C31H31F3N4O5. The van der Waals surface area contributed by atoms with Crippen molar-refractivity contribution >= 4 is 23.7 Å². The fourth-order valence-electron chi connectivity index (χ4n) is 6.40. The van der Waals surface area contributed by atoms with Crippen molar-refractivity contribution in [3.63, 3.8) is 0 Å². The quantitative estimate of drug-likeness (QED) is 0.435. The number of aryl methyl sites for hydroxylation is 1. The van der Waals surface area contributed by atoms with Crippen LogP contribution in [0, 0.1) is 11.8 Å². The van der Waals surface area contributed by atoms with Gasteiger partial charge in [0, 0.05) is 31.5 Å². The van der Waals surface area contributed by atoms with E-state index in [9.17, 15) is 27.6 Å². The zero-order chi connectivity index (χ0) is 30.9. The van der Waals surface area contributed by atoms with Crippen LogP contribution >= 0.6 is 0 Å². The Kier molecular flexibility index (Phi) is 8.15. The Labute approximate surface area is 245 Å². The number of aromatic nitrogens is 1. The van der Waals surface area contributed by atoms with Crippen LogP contribution in [0.3, 0.4) is 0 Å². The highest BCUT2D eigenvalue weighted by molar-refractivity contribution is 6.10. The fraction of sp³-hybridized carbons (Fsp3) is 0.355. The van der Waals surface area contributed by atoms with Crippen LogP contribution in [0.4, 0.5) is 13.2 Å². The fourth-order valence-corrected chi connectivity index (χ4v) is 6.40. The second-order valence-corrected chi connectivity index (χ2v) is 11.0. The van der Waals surface area contributed by atoms with Gasteiger partial charge in [-0.3, -0.25) is 24.6 Å². The van der Waals surface area contributed by atoms with Gasteiger partial charge in [-0.1, -0.05) is 60.7 Å². The molecular weight excluding hydrogens is 565 g/mol. The summed E-state index contributed by atoms with van der Waals surface area (Å²) in [5.74, 6) is -4.60. The van der Waals surface area contributed by atoms with Crippen LogP contribution in [-0.4, -0.2) is 61.4 Å². The minimum Gasteiger partial charge on any atom is -0.475 e. The highest BCUT2D eigenvalue weighted by Crippen LogP contribution is 2.52. The lowest BCUT2D eigenvalue weighted by Gasteiger charge is -2.42. The first-order chi connectivity index (χ1) is 20.4. The number of hydrogen-bond donors (Lipinski definition) is 2. The van der Waals surface area contributed by atoms with Gasteiger partial charge in [-0.2, -0.15) is 13.2 Å². The van der Waals surface area contributed by atoms with Crippen LogP contribution < -0.4 is 5.32 Å². The zero-order valence-corrected chi connectivity index (χ0v) is 23.3. The summed E-state index contributed by atoms with van der Waals surface area (Å²) in [5.41, 5.74) is 1.78. The van der Waals surface area contributed by atoms with Gasteiger partial charge in [0.1, 0.15) is 5.54 Å². The standard InChI is InChI=1S/C29H30N4O3.C2HF3O2/c1-31-16-8-14-22(31)19-32-17-9-15-29(28(32)36)24-23(25(30-29)21-12-6-3-7-13-21)26(34)33(27(24)35)18-20-10-4-2-5-11-20;3-2(4,5)1(6)7/h2-8,10-14,16,23-25,30H,9,15,17-19H2,1H3;(H,6,7)/t23-,24-,25-,29-;/m1./s1. The molecule has 1 spiro atoms. The number of alkyl halides is 3. The summed E-state index contributed by atoms with van der Waals surface area (Å²) in [6, 6.07) is 22.9. The lowest BCUT2D eigenvalue weighted by molar-refractivity contribution is -0.192. The molecule has 4 heterocycles. The Morgan fingerprint density at radius 2 is 1.58 bits per heavy atom. The van der Waals surface area contributed by atoms with E-state index in [1.165, 1.54) is 4.90 Å². The third kappa shape index (κ3) is 5.66. The highest BCUT2D eigenvalue weighted by Gasteiger charge is 2.69. The number of benzene rings is 2. The van der Waals surface area contributed by atoms with Crippen molar-refractivity contribution in [2.45, 2.75) is 43.7 Å². The van der Waals surface area contributed by atoms with Crippen LogP contribution in [0.1, 0.15) is 35.7 Å². The summed E-state index contributed by atoms with van der Waals surface area (Å²) in [6.07, 6.45) is -1.80. The van der Waals surface area contributed by atoms with Crippen LogP contribution in [0.25, 0.3) is 0 Å². The third-order valence-corrected chi connectivity index (χ3v) is 8.40. The Morgan fingerprint density at radius 1 is 0.953 bits per heavy atom. The molecule has 3 aromatic rings. The van der Waals surface area contributed by atoms with Gasteiger partial charge >= 0.3 is 12.1 Å². The number of piperidine rings is 1. The van der Waals surface area contributed by atoms with Crippen molar-refractivity contribution in [3.05, 3.63) is 95.8 Å². The number of likely N-dealkylation sites (tertiary alicyclic amines) is 2. The SMILES string of the molecule is Cn1cccc1CN1CCC[C@]2(N[C@H](c3ccccc3)[C@@H]3C(=O)N(Cc4ccccc4)C(=O)[C@@H]32)C1=O.O=C(O)C(F)(F)F. The number of nitrogens with zero attached hydrogens (tertiary/aromatic N) is 3. The number of rotatable bonds is 5. The van der Waals surface area contributed by atoms with E-state index in [0.717, 1.165) is 23.2 Å². The molecule has 0 bridgehead atoms. The number of carboxylic acids is 1. The van der Waals surface area contributed by atoms with E-state index < -0.39 is 35.6 Å². The number of aliphatic carboxylic acids is 1. The van der Waals surface area contributed by atoms with Crippen molar-refractivity contribution in [2.75, 3.05) is 6.54 Å². The summed E-state index contributed by atoms with van der Waals surface area (Å²) in [5, 5.41) is 10.7. The van der Waals surface area contributed by atoms with E-state index in [1.807, 2.05) is 95.5 Å².